The molecule has 4 nitrogen and oxygen atoms in total. The highest BCUT2D eigenvalue weighted by molar-refractivity contribution is 6.31. The number of halogens is 2. The molecule has 0 unspecified atom stereocenters. The second kappa shape index (κ2) is 10.6. The van der Waals surface area contributed by atoms with Gasteiger partial charge in [-0.3, -0.25) is 14.6 Å². The first kappa shape index (κ1) is 21.5. The van der Waals surface area contributed by atoms with E-state index in [1.165, 1.54) is 18.9 Å². The Morgan fingerprint density at radius 3 is 2.75 bits per heavy atom. The number of carbonyl (C=O) groups excluding carboxylic acids is 1. The summed E-state index contributed by atoms with van der Waals surface area (Å²) in [6.07, 6.45) is 6.12. The molecule has 0 spiro atoms. The van der Waals surface area contributed by atoms with Gasteiger partial charge in [0.25, 0.3) is 0 Å². The molecule has 1 amide bonds. The standard InChI is InChI=1S/C22H33ClFN3O/c1-2-27-12-4-5-18(27)15-25-22(28)9-8-17-10-13-26(14-11-17)16-19-20(23)6-3-7-21(19)24/h3,6-7,17-18H,2,4-5,8-16H2,1H3,(H,25,28)/t18-/m1/s1. The highest BCUT2D eigenvalue weighted by Gasteiger charge is 2.24. The Kier molecular flexibility index (Phi) is 8.12. The molecule has 2 aliphatic rings. The van der Waals surface area contributed by atoms with Gasteiger partial charge >= 0.3 is 0 Å². The van der Waals surface area contributed by atoms with Crippen molar-refractivity contribution >= 4 is 17.5 Å². The van der Waals surface area contributed by atoms with E-state index in [1.807, 2.05) is 0 Å². The Bertz CT molecular complexity index is 628. The highest BCUT2D eigenvalue weighted by Crippen LogP contribution is 2.26. The van der Waals surface area contributed by atoms with Crippen LogP contribution in [-0.2, 0) is 11.3 Å². The summed E-state index contributed by atoms with van der Waals surface area (Å²) < 4.78 is 14.0. The summed E-state index contributed by atoms with van der Waals surface area (Å²) in [5, 5.41) is 3.64. The number of carbonyl (C=O) groups is 1. The van der Waals surface area contributed by atoms with Crippen LogP contribution in [0.15, 0.2) is 18.2 Å². The van der Waals surface area contributed by atoms with Crippen LogP contribution in [-0.4, -0.2) is 54.5 Å². The zero-order valence-electron chi connectivity index (χ0n) is 16.9. The van der Waals surface area contributed by atoms with Gasteiger partial charge in [0.15, 0.2) is 0 Å². The maximum atomic E-state index is 14.0. The molecule has 0 radical (unpaired) electrons. The lowest BCUT2D eigenvalue weighted by molar-refractivity contribution is -0.121. The van der Waals surface area contributed by atoms with Crippen molar-refractivity contribution in [2.75, 3.05) is 32.7 Å². The van der Waals surface area contributed by atoms with E-state index in [2.05, 4.69) is 22.0 Å². The van der Waals surface area contributed by atoms with Crippen LogP contribution in [0.5, 0.6) is 0 Å². The van der Waals surface area contributed by atoms with Crippen LogP contribution < -0.4 is 5.32 Å². The molecule has 1 N–H and O–H groups in total. The zero-order valence-corrected chi connectivity index (χ0v) is 17.7. The topological polar surface area (TPSA) is 35.6 Å². The van der Waals surface area contributed by atoms with E-state index in [0.717, 1.165) is 52.0 Å². The summed E-state index contributed by atoms with van der Waals surface area (Å²) in [6.45, 7) is 7.63. The van der Waals surface area contributed by atoms with Gasteiger partial charge in [0.2, 0.25) is 5.91 Å². The van der Waals surface area contributed by atoms with E-state index < -0.39 is 0 Å². The van der Waals surface area contributed by atoms with Crippen molar-refractivity contribution in [3.63, 3.8) is 0 Å². The first-order valence-electron chi connectivity index (χ1n) is 10.7. The van der Waals surface area contributed by atoms with Crippen molar-refractivity contribution in [1.82, 2.24) is 15.1 Å². The molecule has 6 heteroatoms. The molecule has 1 aromatic carbocycles. The average Bonchev–Trinajstić information content (AvgIpc) is 3.16. The number of nitrogens with zero attached hydrogens (tertiary/aromatic N) is 2. The molecule has 156 valence electrons. The normalized spacial score (nSPS) is 21.9. The van der Waals surface area contributed by atoms with Gasteiger partial charge in [0.1, 0.15) is 5.82 Å². The van der Waals surface area contributed by atoms with Crippen LogP contribution in [0.1, 0.15) is 51.0 Å². The summed E-state index contributed by atoms with van der Waals surface area (Å²) in [6, 6.07) is 5.38. The van der Waals surface area contributed by atoms with Crippen LogP contribution in [0.25, 0.3) is 0 Å². The summed E-state index contributed by atoms with van der Waals surface area (Å²) in [4.78, 5) is 16.9. The van der Waals surface area contributed by atoms with Crippen molar-refractivity contribution in [1.29, 1.82) is 0 Å². The second-order valence-corrected chi connectivity index (χ2v) is 8.59. The quantitative estimate of drug-likeness (QED) is 0.702. The number of likely N-dealkylation sites (N-methyl/N-ethyl adjacent to an activating group) is 1. The Balaban J connectivity index is 1.33. The van der Waals surface area contributed by atoms with Gasteiger partial charge in [-0.1, -0.05) is 24.6 Å². The predicted octanol–water partition coefficient (Wildman–Crippen LogP) is 4.07. The Hall–Kier alpha value is -1.17. The second-order valence-electron chi connectivity index (χ2n) is 8.19. The fourth-order valence-corrected chi connectivity index (χ4v) is 4.76. The first-order valence-corrected chi connectivity index (χ1v) is 11.1. The van der Waals surface area contributed by atoms with E-state index in [4.69, 9.17) is 11.6 Å². The van der Waals surface area contributed by atoms with Crippen LogP contribution in [0.3, 0.4) is 0 Å². The molecule has 2 saturated heterocycles. The van der Waals surface area contributed by atoms with E-state index in [-0.39, 0.29) is 11.7 Å². The van der Waals surface area contributed by atoms with Crippen molar-refractivity contribution in [2.45, 2.75) is 58.0 Å². The van der Waals surface area contributed by atoms with Crippen molar-refractivity contribution in [3.05, 3.63) is 34.6 Å². The molecule has 0 saturated carbocycles. The van der Waals surface area contributed by atoms with Crippen molar-refractivity contribution in [3.8, 4) is 0 Å². The summed E-state index contributed by atoms with van der Waals surface area (Å²) in [5.74, 6) is 0.537. The van der Waals surface area contributed by atoms with Gasteiger partial charge in [-0.25, -0.2) is 4.39 Å². The lowest BCUT2D eigenvalue weighted by Crippen LogP contribution is -2.40. The number of hydrogen-bond acceptors (Lipinski definition) is 3. The lowest BCUT2D eigenvalue weighted by Gasteiger charge is -2.32. The monoisotopic (exact) mass is 409 g/mol. The first-order chi connectivity index (χ1) is 13.6. The molecule has 1 atom stereocenters. The molecule has 2 fully saturated rings. The van der Waals surface area contributed by atoms with Gasteiger partial charge in [0.05, 0.1) is 0 Å². The van der Waals surface area contributed by atoms with E-state index >= 15 is 0 Å². The van der Waals surface area contributed by atoms with E-state index in [0.29, 0.717) is 35.5 Å². The molecule has 1 aromatic rings. The number of benzene rings is 1. The Labute approximate surface area is 173 Å². The van der Waals surface area contributed by atoms with Crippen LogP contribution >= 0.6 is 11.6 Å². The molecule has 0 bridgehead atoms. The molecule has 2 heterocycles. The number of amides is 1. The average molecular weight is 410 g/mol. The molecule has 2 aliphatic heterocycles. The largest absolute Gasteiger partial charge is 0.355 e. The van der Waals surface area contributed by atoms with Gasteiger partial charge in [-0.05, 0) is 76.3 Å². The summed E-state index contributed by atoms with van der Waals surface area (Å²) in [5.41, 5.74) is 0.593. The molecule has 3 rings (SSSR count). The minimum atomic E-state index is -0.227. The van der Waals surface area contributed by atoms with E-state index in [1.54, 1.807) is 12.1 Å². The fourth-order valence-electron chi connectivity index (χ4n) is 4.54. The summed E-state index contributed by atoms with van der Waals surface area (Å²) in [7, 11) is 0. The highest BCUT2D eigenvalue weighted by atomic mass is 35.5. The van der Waals surface area contributed by atoms with Crippen LogP contribution in [0.4, 0.5) is 4.39 Å². The number of likely N-dealkylation sites (tertiary alicyclic amines) is 2. The van der Waals surface area contributed by atoms with E-state index in [9.17, 15) is 9.18 Å². The minimum Gasteiger partial charge on any atom is -0.355 e. The fraction of sp³-hybridized carbons (Fsp3) is 0.682. The smallest absolute Gasteiger partial charge is 0.220 e. The van der Waals surface area contributed by atoms with Gasteiger partial charge < -0.3 is 5.32 Å². The van der Waals surface area contributed by atoms with Gasteiger partial charge in [-0.15, -0.1) is 0 Å². The molecule has 0 aliphatic carbocycles. The third kappa shape index (κ3) is 5.91. The Morgan fingerprint density at radius 1 is 1.25 bits per heavy atom. The van der Waals surface area contributed by atoms with Crippen molar-refractivity contribution in [2.24, 2.45) is 5.92 Å². The number of nitrogens with one attached hydrogen (secondary N) is 1. The third-order valence-electron chi connectivity index (χ3n) is 6.37. The van der Waals surface area contributed by atoms with Crippen LogP contribution in [0, 0.1) is 11.7 Å². The third-order valence-corrected chi connectivity index (χ3v) is 6.72. The molecular formula is C22H33ClFN3O. The molecular weight excluding hydrogens is 377 g/mol. The molecule has 28 heavy (non-hydrogen) atoms. The minimum absolute atomic E-state index is 0.184. The predicted molar refractivity (Wildman–Crippen MR) is 112 cm³/mol. The SMILES string of the molecule is CCN1CCC[C@@H]1CNC(=O)CCC1CCN(Cc2c(F)cccc2Cl)CC1. The maximum absolute atomic E-state index is 14.0. The zero-order chi connectivity index (χ0) is 19.9. The molecule has 0 aromatic heterocycles. The number of hydrogen-bond donors (Lipinski definition) is 1. The van der Waals surface area contributed by atoms with Gasteiger partial charge in [0, 0.05) is 36.1 Å². The Morgan fingerprint density at radius 2 is 2.04 bits per heavy atom. The van der Waals surface area contributed by atoms with Crippen molar-refractivity contribution < 1.29 is 9.18 Å². The summed E-state index contributed by atoms with van der Waals surface area (Å²) >= 11 is 6.14. The van der Waals surface area contributed by atoms with Crippen LogP contribution in [0.2, 0.25) is 5.02 Å². The van der Waals surface area contributed by atoms with Gasteiger partial charge in [-0.2, -0.15) is 0 Å². The number of rotatable bonds is 8. The number of piperidine rings is 1. The lowest BCUT2D eigenvalue weighted by atomic mass is 9.92. The maximum Gasteiger partial charge on any atom is 0.220 e.